The summed E-state index contributed by atoms with van der Waals surface area (Å²) in [7, 11) is 0. The van der Waals surface area contributed by atoms with Gasteiger partial charge in [-0.25, -0.2) is 0 Å². The van der Waals surface area contributed by atoms with Crippen molar-refractivity contribution in [3.63, 3.8) is 0 Å². The molecule has 0 saturated heterocycles. The average molecular weight is 403 g/mol. The standard InChI is InChI=1S/C6H10N2.C2H2O4.Pt/c7-5-3-1-2-4-6(5)8;3-1(4)2(5)6;/h5-6H,1-4H2;(H,3,4)(H,5,6);/q-2;;+4/p-2/t5-,6-;;/m1../s1/i1D2,2D2,3D2,4D2,5D,6D;;. The topological polar surface area (TPSA) is 125 Å². The Morgan fingerprint density at radius 3 is 1.60 bits per heavy atom. The van der Waals surface area contributed by atoms with Gasteiger partial charge in [0.1, 0.15) is 0 Å². The second-order valence-electron chi connectivity index (χ2n) is 1.77. The number of carbonyl (C=O) groups excluding carboxylic acids is 2. The molecule has 1 aliphatic carbocycles. The van der Waals surface area contributed by atoms with E-state index in [9.17, 15) is 11.5 Å². The molecular formula is C8H10N2O4Pt. The van der Waals surface area contributed by atoms with Crippen molar-refractivity contribution in [3.05, 3.63) is 11.5 Å². The van der Waals surface area contributed by atoms with Gasteiger partial charge >= 0.3 is 21.1 Å². The van der Waals surface area contributed by atoms with Crippen LogP contribution in [0.4, 0.5) is 0 Å². The molecule has 0 bridgehead atoms. The molecule has 0 aliphatic heterocycles. The van der Waals surface area contributed by atoms with E-state index in [1.807, 2.05) is 0 Å². The van der Waals surface area contributed by atoms with Crippen LogP contribution in [0.2, 0.25) is 0 Å². The summed E-state index contributed by atoms with van der Waals surface area (Å²) in [6, 6.07) is -7.78. The third-order valence-corrected chi connectivity index (χ3v) is 0.815. The van der Waals surface area contributed by atoms with Crippen LogP contribution in [0.5, 0.6) is 0 Å². The molecule has 2 atom stereocenters. The summed E-state index contributed by atoms with van der Waals surface area (Å²) in [6.07, 6.45) is -14.7. The second kappa shape index (κ2) is 8.82. The number of carbonyl (C=O) groups is 2. The molecule has 0 spiro atoms. The van der Waals surface area contributed by atoms with Gasteiger partial charge in [-0.2, -0.15) is 12.0 Å². The molecule has 6 nitrogen and oxygen atoms in total. The van der Waals surface area contributed by atoms with Crippen molar-refractivity contribution in [1.82, 2.24) is 0 Å². The minimum atomic E-state index is -3.89. The number of hydrogen-bond acceptors (Lipinski definition) is 4. The largest absolute Gasteiger partial charge is 4.00 e. The Morgan fingerprint density at radius 1 is 1.13 bits per heavy atom. The van der Waals surface area contributed by atoms with Gasteiger partial charge in [-0.05, 0) is 0 Å². The van der Waals surface area contributed by atoms with Crippen molar-refractivity contribution in [3.8, 4) is 0 Å². The molecule has 1 saturated carbocycles. The third kappa shape index (κ3) is 8.54. The summed E-state index contributed by atoms with van der Waals surface area (Å²) < 4.78 is 72.9. The van der Waals surface area contributed by atoms with Crippen molar-refractivity contribution in [2.24, 2.45) is 0 Å². The van der Waals surface area contributed by atoms with Gasteiger partial charge in [0.05, 0.1) is 11.9 Å². The Hall–Kier alpha value is -0.452. The monoisotopic (exact) mass is 403 g/mol. The van der Waals surface area contributed by atoms with Crippen LogP contribution in [0, 0.1) is 0 Å². The van der Waals surface area contributed by atoms with Gasteiger partial charge < -0.3 is 31.3 Å². The summed E-state index contributed by atoms with van der Waals surface area (Å²) in [5.74, 6) is -4.37. The zero-order valence-electron chi connectivity index (χ0n) is 16.8. The van der Waals surface area contributed by atoms with E-state index >= 15 is 0 Å². The van der Waals surface area contributed by atoms with Gasteiger partial charge in [0.15, 0.2) is 0 Å². The van der Waals surface area contributed by atoms with Crippen LogP contribution in [-0.2, 0) is 30.7 Å². The number of aliphatic carboxylic acids is 2. The summed E-state index contributed by atoms with van der Waals surface area (Å²) in [6.45, 7) is 0. The molecule has 0 unspecified atom stereocenters. The van der Waals surface area contributed by atoms with E-state index in [0.29, 0.717) is 0 Å². The minimum Gasteiger partial charge on any atom is -0.806 e. The zero-order valence-corrected chi connectivity index (χ0v) is 9.12. The van der Waals surface area contributed by atoms with Crippen LogP contribution < -0.4 is 10.2 Å². The molecule has 0 amide bonds. The van der Waals surface area contributed by atoms with E-state index < -0.39 is 49.5 Å². The van der Waals surface area contributed by atoms with Crippen molar-refractivity contribution in [2.45, 2.75) is 37.5 Å². The number of carboxylic acids is 2. The molecular weight excluding hydrogens is 383 g/mol. The molecule has 1 aliphatic rings. The molecule has 2 radical (unpaired) electrons. The quantitative estimate of drug-likeness (QED) is 0.455. The summed E-state index contributed by atoms with van der Waals surface area (Å²) in [4.78, 5) is 17.9. The van der Waals surface area contributed by atoms with Gasteiger partial charge in [0.25, 0.3) is 0 Å². The first-order valence-electron chi connectivity index (χ1n) is 8.01. The van der Waals surface area contributed by atoms with Crippen LogP contribution in [0.15, 0.2) is 0 Å². The molecule has 7 heteroatoms. The maximum atomic E-state index is 9.54. The Kier molecular flexibility index (Phi) is 3.09. The molecule has 0 aromatic heterocycles. The van der Waals surface area contributed by atoms with E-state index in [-0.39, 0.29) is 21.1 Å². The molecule has 1 rings (SSSR count). The van der Waals surface area contributed by atoms with Crippen LogP contribution in [-0.4, -0.2) is 24.0 Å². The van der Waals surface area contributed by atoms with E-state index in [4.69, 9.17) is 33.5 Å². The molecule has 1 fully saturated rings. The Balaban J connectivity index is 0. The van der Waals surface area contributed by atoms with Crippen molar-refractivity contribution < 1.29 is 54.6 Å². The fourth-order valence-corrected chi connectivity index (χ4v) is 0.299. The van der Waals surface area contributed by atoms with E-state index in [1.165, 1.54) is 0 Å². The maximum Gasteiger partial charge on any atom is 4.00 e. The van der Waals surface area contributed by atoms with Crippen LogP contribution in [0.1, 0.15) is 39.2 Å². The minimum absolute atomic E-state index is 0. The van der Waals surface area contributed by atoms with Gasteiger partial charge in [-0.3, -0.25) is 0 Å². The van der Waals surface area contributed by atoms with Crippen molar-refractivity contribution >= 4 is 11.9 Å². The third-order valence-electron chi connectivity index (χ3n) is 0.815. The van der Waals surface area contributed by atoms with Crippen LogP contribution in [0.25, 0.3) is 11.5 Å². The molecule has 15 heavy (non-hydrogen) atoms. The first kappa shape index (κ1) is 5.25. The molecule has 0 aromatic carbocycles. The average Bonchev–Trinajstić information content (AvgIpc) is 2.36. The number of hydrogen-bond donors (Lipinski definition) is 0. The van der Waals surface area contributed by atoms with Crippen LogP contribution in [0.3, 0.4) is 0 Å². The van der Waals surface area contributed by atoms with Gasteiger partial charge in [-0.1, -0.05) is 25.5 Å². The molecule has 86 valence electrons. The van der Waals surface area contributed by atoms with Gasteiger partial charge in [-0.15, -0.1) is 0 Å². The van der Waals surface area contributed by atoms with Crippen molar-refractivity contribution in [2.75, 3.05) is 0 Å². The summed E-state index contributed by atoms with van der Waals surface area (Å²) >= 11 is 0. The Labute approximate surface area is 116 Å². The van der Waals surface area contributed by atoms with Crippen LogP contribution >= 0.6 is 0 Å². The Morgan fingerprint density at radius 2 is 1.40 bits per heavy atom. The van der Waals surface area contributed by atoms with Gasteiger partial charge in [0.2, 0.25) is 0 Å². The number of nitrogens with zero attached hydrogens (tertiary/aromatic N) is 2. The summed E-state index contributed by atoms with van der Waals surface area (Å²) in [5.41, 5.74) is 19.1. The zero-order chi connectivity index (χ0) is 20.2. The van der Waals surface area contributed by atoms with E-state index in [2.05, 4.69) is 0 Å². The second-order valence-corrected chi connectivity index (χ2v) is 1.77. The smallest absolute Gasteiger partial charge is 0.806 e. The Bertz CT molecular complexity index is 424. The molecule has 0 aromatic rings. The number of carboxylic acid groups (broad SMARTS) is 2. The van der Waals surface area contributed by atoms with E-state index in [1.54, 1.807) is 0 Å². The first-order chi connectivity index (χ1) is 10.1. The fourth-order valence-electron chi connectivity index (χ4n) is 0.299. The maximum absolute atomic E-state index is 9.54. The molecule has 0 N–H and O–H groups in total. The first-order valence-corrected chi connectivity index (χ1v) is 3.01. The molecule has 0 heterocycles. The number of rotatable bonds is 0. The fraction of sp³-hybridized carbons (Fsp3) is 0.750. The SMILES string of the molecule is O=C([O-])C(=O)[O-].[2H]C1([2H])C([2H])([2H])C([2H])([2H])[C@@]([2H])([N-])[C@]([2H])([N-])C1([2H])[2H].[Pt+4]. The normalized spacial score (nSPS) is 57.2. The predicted octanol–water partition coefficient (Wildman–Crippen LogP) is -1.54. The predicted molar refractivity (Wildman–Crippen MR) is 42.8 cm³/mol. The van der Waals surface area contributed by atoms with Crippen molar-refractivity contribution in [1.29, 1.82) is 0 Å². The van der Waals surface area contributed by atoms with E-state index in [0.717, 1.165) is 0 Å². The summed E-state index contributed by atoms with van der Waals surface area (Å²) in [5, 5.41) is 17.9. The van der Waals surface area contributed by atoms with Gasteiger partial charge in [0, 0.05) is 13.7 Å².